The van der Waals surface area contributed by atoms with Crippen molar-refractivity contribution in [1.82, 2.24) is 54.7 Å². The van der Waals surface area contributed by atoms with Crippen molar-refractivity contribution in [3.63, 3.8) is 0 Å². The molecule has 1 unspecified atom stereocenters. The molecule has 2 aliphatic rings. The molecule has 23 heteroatoms. The second-order valence-corrected chi connectivity index (χ2v) is 14.3. The molecule has 0 aliphatic carbocycles. The number of halogens is 1. The molecule has 5 rings (SSSR count). The number of aromatic nitrogens is 9. The van der Waals surface area contributed by atoms with Crippen molar-refractivity contribution < 1.29 is 52.2 Å². The predicted molar refractivity (Wildman–Crippen MR) is 214 cm³/mol. The molecule has 0 spiro atoms. The number of nitrogens with one attached hydrogen (secondary N) is 1. The fourth-order valence-corrected chi connectivity index (χ4v) is 6.64. The Morgan fingerprint density at radius 3 is 2.13 bits per heavy atom. The average Bonchev–Trinajstić information content (AvgIpc) is 3.90. The fraction of sp³-hybridized carbons (Fsp3) is 0.703. The Hall–Kier alpha value is -4.76. The molecule has 0 saturated carbocycles. The smallest absolute Gasteiger partial charge is 0.247 e. The van der Waals surface area contributed by atoms with Crippen LogP contribution in [0.2, 0.25) is 0 Å². The number of ether oxygens (including phenoxy) is 3. The largest absolute Gasteiger partial charge is 1.00 e. The summed E-state index contributed by atoms with van der Waals surface area (Å²) in [6.07, 6.45) is 11.1. The standard InChI is InChI=1S/C37H59N15O7.ClH/c1-3-19-57-21-23-59-24-22-58-20-9-39-35-40-36(49-14-10-47(11-15-49)33(55)28-51-26-30(7-18-53)43-45-51)42-37(41-35)50-16-12-48(13-17-50)34(56)32(6-4-5-8-38)52-27-31(44-46-52)25-29(2)54;/h1,26-27,29,32,53-54H,4-25,28,38H2,2H3,(H,39,40,41,42);1H/t29?,32-;/m0./s1. The lowest BCUT2D eigenvalue weighted by Gasteiger charge is -2.37. The maximum atomic E-state index is 14.0. The minimum absolute atomic E-state index is 0. The number of carbonyl (C=O) groups is 2. The molecule has 5 heterocycles. The number of quaternary nitrogens is 1. The summed E-state index contributed by atoms with van der Waals surface area (Å²) < 4.78 is 19.6. The van der Waals surface area contributed by atoms with Crippen molar-refractivity contribution in [2.75, 3.05) is 127 Å². The van der Waals surface area contributed by atoms with Gasteiger partial charge in [0.25, 0.3) is 0 Å². The third-order valence-electron chi connectivity index (χ3n) is 9.76. The Kier molecular flexibility index (Phi) is 20.6. The normalized spacial score (nSPS) is 15.4. The molecule has 2 amide bonds. The van der Waals surface area contributed by atoms with Gasteiger partial charge in [-0.05, 0) is 26.2 Å². The summed E-state index contributed by atoms with van der Waals surface area (Å²) in [5.74, 6) is 3.68. The Balaban J connectivity index is 0.00000794. The van der Waals surface area contributed by atoms with Gasteiger partial charge in [0.05, 0.1) is 57.1 Å². The fourth-order valence-electron chi connectivity index (χ4n) is 6.64. The second-order valence-electron chi connectivity index (χ2n) is 14.3. The molecule has 2 fully saturated rings. The summed E-state index contributed by atoms with van der Waals surface area (Å²) >= 11 is 0. The number of nitrogens with zero attached hydrogens (tertiary/aromatic N) is 13. The average molecular weight is 862 g/mol. The summed E-state index contributed by atoms with van der Waals surface area (Å²) in [5, 5.41) is 38.8. The Morgan fingerprint density at radius 2 is 1.50 bits per heavy atom. The molecule has 2 atom stereocenters. The molecule has 6 N–H and O–H groups in total. The molecular weight excluding hydrogens is 802 g/mol. The van der Waals surface area contributed by atoms with Gasteiger partial charge in [-0.2, -0.15) is 15.0 Å². The maximum absolute atomic E-state index is 14.0. The number of aliphatic hydroxyl groups is 2. The van der Waals surface area contributed by atoms with E-state index in [1.807, 2.05) is 9.80 Å². The molecule has 60 heavy (non-hydrogen) atoms. The van der Waals surface area contributed by atoms with Crippen molar-refractivity contribution in [2.45, 2.75) is 57.7 Å². The Bertz CT molecular complexity index is 1760. The van der Waals surface area contributed by atoms with Gasteiger partial charge in [0.15, 0.2) is 0 Å². The zero-order chi connectivity index (χ0) is 41.8. The van der Waals surface area contributed by atoms with E-state index in [1.165, 1.54) is 4.68 Å². The van der Waals surface area contributed by atoms with Gasteiger partial charge < -0.3 is 67.5 Å². The van der Waals surface area contributed by atoms with Crippen molar-refractivity contribution in [3.05, 3.63) is 23.8 Å². The van der Waals surface area contributed by atoms with Crippen LogP contribution in [0.5, 0.6) is 0 Å². The monoisotopic (exact) mass is 861 g/mol. The minimum Gasteiger partial charge on any atom is -1.00 e. The van der Waals surface area contributed by atoms with Crippen LogP contribution in [0.3, 0.4) is 0 Å². The molecule has 3 aromatic rings. The first-order valence-electron chi connectivity index (χ1n) is 20.4. The first-order valence-corrected chi connectivity index (χ1v) is 20.4. The number of amides is 2. The van der Waals surface area contributed by atoms with Crippen LogP contribution in [0.25, 0.3) is 0 Å². The zero-order valence-corrected chi connectivity index (χ0v) is 35.2. The summed E-state index contributed by atoms with van der Waals surface area (Å²) in [6.45, 7) is 9.19. The SMILES string of the molecule is C#CCOCCOCCOCCNc1nc(N2CCN(C(=O)Cn3cc(CCO)nn3)CC2)nc(N2CCN(C(=O)[C@H](CCCC[NH3+])n3cc(CC(C)O)nn3)CC2)n1.[Cl-]. The lowest BCUT2D eigenvalue weighted by atomic mass is 10.1. The molecular formula is C37H60ClN15O7. The van der Waals surface area contributed by atoms with E-state index >= 15 is 0 Å². The number of anilines is 3. The van der Waals surface area contributed by atoms with E-state index in [-0.39, 0.29) is 44.0 Å². The number of rotatable bonds is 25. The van der Waals surface area contributed by atoms with E-state index in [0.29, 0.717) is 140 Å². The van der Waals surface area contributed by atoms with Gasteiger partial charge in [-0.15, -0.1) is 16.6 Å². The highest BCUT2D eigenvalue weighted by Crippen LogP contribution is 2.23. The van der Waals surface area contributed by atoms with Gasteiger partial charge >= 0.3 is 0 Å². The molecule has 0 bridgehead atoms. The number of aliphatic hydroxyl groups excluding tert-OH is 2. The Morgan fingerprint density at radius 1 is 0.867 bits per heavy atom. The summed E-state index contributed by atoms with van der Waals surface area (Å²) in [5.41, 5.74) is 5.22. The van der Waals surface area contributed by atoms with Gasteiger partial charge in [0.1, 0.15) is 19.2 Å². The molecule has 3 aromatic heterocycles. The maximum Gasteiger partial charge on any atom is 0.247 e. The van der Waals surface area contributed by atoms with Crippen LogP contribution in [0.1, 0.15) is 43.6 Å². The Labute approximate surface area is 356 Å². The van der Waals surface area contributed by atoms with Crippen LogP contribution in [0.4, 0.5) is 17.8 Å². The quantitative estimate of drug-likeness (QED) is 0.0457. The molecule has 0 aromatic carbocycles. The van der Waals surface area contributed by atoms with E-state index in [1.54, 1.807) is 28.9 Å². The highest BCUT2D eigenvalue weighted by atomic mass is 35.5. The number of piperazine rings is 2. The lowest BCUT2D eigenvalue weighted by Crippen LogP contribution is -3.00. The number of unbranched alkanes of at least 4 members (excludes halogenated alkanes) is 1. The topological polar surface area (TPSA) is 255 Å². The van der Waals surface area contributed by atoms with Crippen LogP contribution in [-0.4, -0.2) is 195 Å². The highest BCUT2D eigenvalue weighted by Gasteiger charge is 2.31. The number of hydrogen-bond acceptors (Lipinski definition) is 17. The van der Waals surface area contributed by atoms with Crippen molar-refractivity contribution >= 4 is 29.7 Å². The first kappa shape index (κ1) is 47.9. The first-order chi connectivity index (χ1) is 28.8. The van der Waals surface area contributed by atoms with E-state index < -0.39 is 12.1 Å². The second kappa shape index (κ2) is 25.8. The number of carbonyl (C=O) groups excluding carboxylic acids is 2. The van der Waals surface area contributed by atoms with E-state index in [2.05, 4.69) is 42.5 Å². The van der Waals surface area contributed by atoms with Gasteiger partial charge in [0.2, 0.25) is 29.7 Å². The lowest BCUT2D eigenvalue weighted by molar-refractivity contribution is -0.368. The van der Waals surface area contributed by atoms with Crippen LogP contribution in [0, 0.1) is 12.3 Å². The number of terminal acetylenes is 1. The molecule has 332 valence electrons. The van der Waals surface area contributed by atoms with Crippen LogP contribution >= 0.6 is 0 Å². The molecule has 0 radical (unpaired) electrons. The van der Waals surface area contributed by atoms with Crippen molar-refractivity contribution in [1.29, 1.82) is 0 Å². The molecule has 2 saturated heterocycles. The van der Waals surface area contributed by atoms with Gasteiger partial charge in [0, 0.05) is 90.7 Å². The van der Waals surface area contributed by atoms with Gasteiger partial charge in [-0.1, -0.05) is 16.3 Å². The summed E-state index contributed by atoms with van der Waals surface area (Å²) in [7, 11) is 0. The van der Waals surface area contributed by atoms with Crippen molar-refractivity contribution in [3.8, 4) is 12.3 Å². The van der Waals surface area contributed by atoms with E-state index in [9.17, 15) is 19.8 Å². The highest BCUT2D eigenvalue weighted by molar-refractivity contribution is 5.80. The number of hydrogen-bond donors (Lipinski definition) is 4. The van der Waals surface area contributed by atoms with Crippen LogP contribution in [-0.2, 0) is 43.2 Å². The third kappa shape index (κ3) is 15.1. The molecule has 2 aliphatic heterocycles. The zero-order valence-electron chi connectivity index (χ0n) is 34.5. The summed E-state index contributed by atoms with van der Waals surface area (Å²) in [4.78, 5) is 49.3. The van der Waals surface area contributed by atoms with Crippen LogP contribution in [0.15, 0.2) is 12.4 Å². The molecule has 22 nitrogen and oxygen atoms in total. The predicted octanol–water partition coefficient (Wildman–Crippen LogP) is -5.74. The third-order valence-corrected chi connectivity index (χ3v) is 9.76. The van der Waals surface area contributed by atoms with E-state index in [4.69, 9.17) is 35.6 Å². The summed E-state index contributed by atoms with van der Waals surface area (Å²) in [6, 6.07) is -0.505. The minimum atomic E-state index is -0.562. The van der Waals surface area contributed by atoms with Crippen LogP contribution < -0.4 is 33.3 Å². The van der Waals surface area contributed by atoms with E-state index in [0.717, 1.165) is 19.4 Å². The van der Waals surface area contributed by atoms with Crippen molar-refractivity contribution in [2.24, 2.45) is 0 Å². The van der Waals surface area contributed by atoms with Gasteiger partial charge in [-0.3, -0.25) is 9.59 Å². The van der Waals surface area contributed by atoms with Gasteiger partial charge in [-0.25, -0.2) is 9.36 Å².